The van der Waals surface area contributed by atoms with Gasteiger partial charge in [0.15, 0.2) is 5.78 Å². The summed E-state index contributed by atoms with van der Waals surface area (Å²) in [4.78, 5) is 73.8. The van der Waals surface area contributed by atoms with E-state index in [2.05, 4.69) is 24.5 Å². The molecule has 1 saturated heterocycles. The first kappa shape index (κ1) is 34.7. The average Bonchev–Trinajstić information content (AvgIpc) is 3.13. The van der Waals surface area contributed by atoms with E-state index >= 15 is 0 Å². The number of nitrogens with one attached hydrogen (secondary N) is 2. The fourth-order valence-corrected chi connectivity index (χ4v) is 4.66. The predicted molar refractivity (Wildman–Crippen MR) is 147 cm³/mol. The maximum atomic E-state index is 12.5. The number of imide groups is 1. The highest BCUT2D eigenvalue weighted by Gasteiger charge is 2.40. The molecular weight excluding hydrogens is 528 g/mol. The first-order valence-electron chi connectivity index (χ1n) is 13.4. The molecule has 1 aliphatic heterocycles. The Balaban J connectivity index is 2.26. The predicted octanol–water partition coefficient (Wildman–Crippen LogP) is 0.203. The lowest BCUT2D eigenvalue weighted by atomic mass is 10.1. The van der Waals surface area contributed by atoms with Gasteiger partial charge < -0.3 is 25.8 Å². The second-order valence-electron chi connectivity index (χ2n) is 9.96. The smallest absolute Gasteiger partial charge is 0.243 e. The van der Waals surface area contributed by atoms with Gasteiger partial charge in [0.1, 0.15) is 11.8 Å². The van der Waals surface area contributed by atoms with Crippen LogP contribution in [0.15, 0.2) is 0 Å². The molecule has 1 rings (SSSR count). The van der Waals surface area contributed by atoms with Crippen LogP contribution in [0.2, 0.25) is 0 Å². The third-order valence-corrected chi connectivity index (χ3v) is 7.15. The Morgan fingerprint density at radius 1 is 1.00 bits per heavy atom. The second kappa shape index (κ2) is 18.9. The van der Waals surface area contributed by atoms with E-state index in [1.807, 2.05) is 0 Å². The molecule has 0 aromatic rings. The van der Waals surface area contributed by atoms with E-state index in [4.69, 9.17) is 15.2 Å². The molecule has 4 N–H and O–H groups in total. The summed E-state index contributed by atoms with van der Waals surface area (Å²) in [6, 6.07) is -0.650. The Hall–Kier alpha value is -2.35. The van der Waals surface area contributed by atoms with Crippen LogP contribution in [0.4, 0.5) is 0 Å². The van der Waals surface area contributed by atoms with Gasteiger partial charge in [-0.3, -0.25) is 33.7 Å². The topological polar surface area (TPSA) is 174 Å². The fraction of sp³-hybridized carbons (Fsp3) is 0.769. The Morgan fingerprint density at radius 3 is 2.28 bits per heavy atom. The maximum absolute atomic E-state index is 12.5. The van der Waals surface area contributed by atoms with Crippen molar-refractivity contribution in [3.8, 4) is 0 Å². The number of Topliss-reactive ketones (excluding diaryl/α,β-unsaturated/α-hetero) is 2. The number of likely N-dealkylation sites (tertiary alicyclic amines) is 1. The molecule has 2 atom stereocenters. The normalized spacial score (nSPS) is 16.3. The minimum Gasteiger partial charge on any atom is -0.379 e. The number of ether oxygens (including phenoxy) is 2. The number of nitrogens with two attached hydrogens (primary N) is 1. The van der Waals surface area contributed by atoms with Crippen molar-refractivity contribution in [1.29, 1.82) is 0 Å². The van der Waals surface area contributed by atoms with E-state index in [-0.39, 0.29) is 55.5 Å². The molecule has 12 nitrogen and oxygen atoms in total. The lowest BCUT2D eigenvalue weighted by Gasteiger charge is -2.18. The third kappa shape index (κ3) is 14.6. The lowest BCUT2D eigenvalue weighted by molar-refractivity contribution is -0.142. The van der Waals surface area contributed by atoms with Crippen molar-refractivity contribution < 1.29 is 38.2 Å². The molecule has 1 aliphatic rings. The zero-order chi connectivity index (χ0) is 29.4. The summed E-state index contributed by atoms with van der Waals surface area (Å²) in [6.45, 7) is 9.96. The fourth-order valence-electron chi connectivity index (χ4n) is 3.45. The van der Waals surface area contributed by atoms with Crippen LogP contribution < -0.4 is 16.4 Å². The highest BCUT2D eigenvalue weighted by Crippen LogP contribution is 2.26. The standard InChI is InChI=1S/C26H44N4O8S/c1-17(2)21(32)15-30-24(34)14-22(26(30)36)39-16-20(25(27)35)29-23(33)8-7-19(31)6-5-10-37-12-13-38-11-9-28-18(3)4/h17-18,20,22,28H,5-16H2,1-4H3,(H2,27,35)(H,29,33)/t20-,22?/m1/s1. The van der Waals surface area contributed by atoms with Crippen molar-refractivity contribution in [2.24, 2.45) is 11.7 Å². The average molecular weight is 573 g/mol. The summed E-state index contributed by atoms with van der Waals surface area (Å²) in [5.41, 5.74) is 5.40. The van der Waals surface area contributed by atoms with E-state index in [0.29, 0.717) is 38.9 Å². The van der Waals surface area contributed by atoms with Crippen molar-refractivity contribution in [2.45, 2.75) is 77.1 Å². The third-order valence-electron chi connectivity index (χ3n) is 5.85. The van der Waals surface area contributed by atoms with Crippen LogP contribution >= 0.6 is 11.8 Å². The van der Waals surface area contributed by atoms with Gasteiger partial charge in [0.25, 0.3) is 0 Å². The number of primary amides is 1. The van der Waals surface area contributed by atoms with Crippen molar-refractivity contribution in [3.05, 3.63) is 0 Å². The van der Waals surface area contributed by atoms with Crippen LogP contribution in [0.25, 0.3) is 0 Å². The molecule has 13 heteroatoms. The SMILES string of the molecule is CC(C)NCCOCCOCCCC(=O)CCC(=O)N[C@H](CSC1CC(=O)N(CC(=O)C(C)C)C1=O)C(N)=O. The molecule has 0 saturated carbocycles. The molecule has 0 spiro atoms. The molecule has 0 aliphatic carbocycles. The molecule has 1 unspecified atom stereocenters. The van der Waals surface area contributed by atoms with Crippen molar-refractivity contribution in [1.82, 2.24) is 15.5 Å². The van der Waals surface area contributed by atoms with Crippen LogP contribution in [-0.2, 0) is 38.2 Å². The number of amides is 4. The maximum Gasteiger partial charge on any atom is 0.243 e. The van der Waals surface area contributed by atoms with E-state index in [1.165, 1.54) is 0 Å². The summed E-state index contributed by atoms with van der Waals surface area (Å²) in [6.07, 6.45) is 0.636. The van der Waals surface area contributed by atoms with E-state index in [9.17, 15) is 28.8 Å². The lowest BCUT2D eigenvalue weighted by Crippen LogP contribution is -2.46. The summed E-state index contributed by atoms with van der Waals surface area (Å²) in [5.74, 6) is -2.87. The van der Waals surface area contributed by atoms with Crippen molar-refractivity contribution in [3.63, 3.8) is 0 Å². The van der Waals surface area contributed by atoms with Gasteiger partial charge in [-0.1, -0.05) is 27.7 Å². The number of rotatable bonds is 22. The van der Waals surface area contributed by atoms with Gasteiger partial charge in [-0.2, -0.15) is 0 Å². The summed E-state index contributed by atoms with van der Waals surface area (Å²) < 4.78 is 10.9. The number of nitrogens with zero attached hydrogens (tertiary/aromatic N) is 1. The van der Waals surface area contributed by atoms with E-state index in [0.717, 1.165) is 23.2 Å². The van der Waals surface area contributed by atoms with E-state index in [1.54, 1.807) is 13.8 Å². The molecule has 39 heavy (non-hydrogen) atoms. The number of hydrogen-bond acceptors (Lipinski definition) is 10. The monoisotopic (exact) mass is 572 g/mol. The van der Waals surface area contributed by atoms with Crippen molar-refractivity contribution in [2.75, 3.05) is 45.3 Å². The van der Waals surface area contributed by atoms with Gasteiger partial charge in [-0.15, -0.1) is 11.8 Å². The zero-order valence-corrected chi connectivity index (χ0v) is 24.3. The first-order chi connectivity index (χ1) is 18.4. The molecule has 222 valence electrons. The number of carbonyl (C=O) groups excluding carboxylic acids is 6. The zero-order valence-electron chi connectivity index (χ0n) is 23.5. The number of hydrogen-bond donors (Lipinski definition) is 3. The van der Waals surface area contributed by atoms with Gasteiger partial charge in [-0.25, -0.2) is 0 Å². The van der Waals surface area contributed by atoms with Crippen LogP contribution in [0.5, 0.6) is 0 Å². The molecule has 1 heterocycles. The number of ketones is 2. The van der Waals surface area contributed by atoms with Gasteiger partial charge in [0.05, 0.1) is 31.6 Å². The highest BCUT2D eigenvalue weighted by molar-refractivity contribution is 8.00. The molecule has 1 fully saturated rings. The number of carbonyl (C=O) groups is 6. The van der Waals surface area contributed by atoms with Crippen molar-refractivity contribution >= 4 is 47.0 Å². The van der Waals surface area contributed by atoms with Gasteiger partial charge in [0, 0.05) is 56.5 Å². The van der Waals surface area contributed by atoms with Crippen LogP contribution in [-0.4, -0.2) is 103 Å². The quantitative estimate of drug-likeness (QED) is 0.120. The minimum atomic E-state index is -1.07. The molecule has 0 aromatic heterocycles. The molecule has 0 aromatic carbocycles. The Bertz CT molecular complexity index is 852. The second-order valence-corrected chi connectivity index (χ2v) is 11.2. The Kier molecular flexibility index (Phi) is 16.8. The van der Waals surface area contributed by atoms with E-state index < -0.39 is 34.9 Å². The highest BCUT2D eigenvalue weighted by atomic mass is 32.2. The van der Waals surface area contributed by atoms with Crippen LogP contribution in [0.1, 0.15) is 59.8 Å². The summed E-state index contributed by atoms with van der Waals surface area (Å²) in [5, 5.41) is 4.99. The summed E-state index contributed by atoms with van der Waals surface area (Å²) >= 11 is 1.03. The molecule has 4 amide bonds. The molecular formula is C26H44N4O8S. The van der Waals surface area contributed by atoms with Crippen LogP contribution in [0, 0.1) is 5.92 Å². The molecule has 0 radical (unpaired) electrons. The molecule has 0 bridgehead atoms. The van der Waals surface area contributed by atoms with Crippen LogP contribution in [0.3, 0.4) is 0 Å². The van der Waals surface area contributed by atoms with Gasteiger partial charge in [0.2, 0.25) is 23.6 Å². The Morgan fingerprint density at radius 2 is 1.67 bits per heavy atom. The summed E-state index contributed by atoms with van der Waals surface area (Å²) in [7, 11) is 0. The van der Waals surface area contributed by atoms with Gasteiger partial charge in [-0.05, 0) is 6.42 Å². The largest absolute Gasteiger partial charge is 0.379 e. The number of thioether (sulfide) groups is 1. The first-order valence-corrected chi connectivity index (χ1v) is 14.4. The Labute approximate surface area is 234 Å². The minimum absolute atomic E-state index is 0.0139. The van der Waals surface area contributed by atoms with Gasteiger partial charge >= 0.3 is 0 Å².